The molecule has 6 heteroatoms. The van der Waals surface area contributed by atoms with E-state index in [1.807, 2.05) is 0 Å². The number of nitrogens with zero attached hydrogens (tertiary/aromatic N) is 2. The first-order valence-corrected chi connectivity index (χ1v) is 7.50. The quantitative estimate of drug-likeness (QED) is 0.331. The molecule has 0 N–H and O–H groups in total. The number of ether oxygens (including phenoxy) is 1. The van der Waals surface area contributed by atoms with Gasteiger partial charge in [-0.15, -0.1) is 0 Å². The van der Waals surface area contributed by atoms with Gasteiger partial charge in [-0.3, -0.25) is 4.79 Å². The fourth-order valence-electron chi connectivity index (χ4n) is 1.97. The van der Waals surface area contributed by atoms with Crippen LogP contribution in [-0.4, -0.2) is 56.3 Å². The summed E-state index contributed by atoms with van der Waals surface area (Å²) in [5.74, 6) is -1.57. The summed E-state index contributed by atoms with van der Waals surface area (Å²) in [5, 5.41) is 0. The van der Waals surface area contributed by atoms with Gasteiger partial charge in [0.05, 0.1) is 6.61 Å². The molecule has 0 bridgehead atoms. The summed E-state index contributed by atoms with van der Waals surface area (Å²) in [6.45, 7) is 1.84. The molecule has 0 aliphatic heterocycles. The molecule has 0 amide bonds. The lowest BCUT2D eigenvalue weighted by atomic mass is 9.97. The molecule has 130 valence electrons. The molecule has 1 aromatic carbocycles. The smallest absolute Gasteiger partial charge is 0.343 e. The largest absolute Gasteiger partial charge is 0.462 e. The molecule has 0 atom stereocenters. The number of halogens is 1. The zero-order valence-corrected chi connectivity index (χ0v) is 14.7. The molecular weight excluding hydrogens is 311 g/mol. The average molecular weight is 334 g/mol. The van der Waals surface area contributed by atoms with Crippen molar-refractivity contribution in [2.24, 2.45) is 0 Å². The van der Waals surface area contributed by atoms with Crippen LogP contribution in [0.15, 0.2) is 42.2 Å². The van der Waals surface area contributed by atoms with Crippen LogP contribution in [0.3, 0.4) is 0 Å². The second-order valence-electron chi connectivity index (χ2n) is 5.57. The van der Waals surface area contributed by atoms with Gasteiger partial charge >= 0.3 is 5.97 Å². The van der Waals surface area contributed by atoms with Gasteiger partial charge in [0, 0.05) is 46.2 Å². The van der Waals surface area contributed by atoms with Crippen molar-refractivity contribution in [2.45, 2.75) is 6.92 Å². The minimum Gasteiger partial charge on any atom is -0.462 e. The van der Waals surface area contributed by atoms with Crippen LogP contribution in [0.1, 0.15) is 12.5 Å². The van der Waals surface area contributed by atoms with E-state index in [1.165, 1.54) is 30.5 Å². The molecule has 0 fully saturated rings. The molecule has 0 heterocycles. The topological polar surface area (TPSA) is 49.9 Å². The van der Waals surface area contributed by atoms with E-state index >= 15 is 0 Å². The van der Waals surface area contributed by atoms with Crippen LogP contribution >= 0.6 is 0 Å². The lowest BCUT2D eigenvalue weighted by molar-refractivity contribution is -0.139. The standard InChI is InChI=1S/C18H23FN2O3/c1-6-24-18(23)16(12-21(4)5)17(22)15(11-20(2)3)13-7-9-14(19)10-8-13/h7-12H,6H2,1-5H3/b15-11+,16-12-. The molecule has 1 rings (SSSR count). The van der Waals surface area contributed by atoms with E-state index in [0.29, 0.717) is 5.56 Å². The van der Waals surface area contributed by atoms with Crippen molar-refractivity contribution >= 4 is 17.3 Å². The predicted molar refractivity (Wildman–Crippen MR) is 91.5 cm³/mol. The third-order valence-corrected chi connectivity index (χ3v) is 2.91. The maximum atomic E-state index is 13.2. The van der Waals surface area contributed by atoms with Gasteiger partial charge in [0.15, 0.2) is 0 Å². The molecule has 0 aliphatic carbocycles. The number of carbonyl (C=O) groups excluding carboxylic acids is 2. The highest BCUT2D eigenvalue weighted by atomic mass is 19.1. The van der Waals surface area contributed by atoms with Crippen molar-refractivity contribution < 1.29 is 18.7 Å². The fraction of sp³-hybridized carbons (Fsp3) is 0.333. The molecule has 0 aromatic heterocycles. The normalized spacial score (nSPS) is 11.9. The van der Waals surface area contributed by atoms with Gasteiger partial charge in [0.1, 0.15) is 11.4 Å². The van der Waals surface area contributed by atoms with E-state index in [9.17, 15) is 14.0 Å². The maximum absolute atomic E-state index is 13.2. The fourth-order valence-corrected chi connectivity index (χ4v) is 1.97. The number of ketones is 1. The summed E-state index contributed by atoms with van der Waals surface area (Å²) in [6.07, 6.45) is 3.02. The molecule has 0 saturated carbocycles. The number of Topliss-reactive ketones (excluding diaryl/α,β-unsaturated/α-hetero) is 1. The van der Waals surface area contributed by atoms with Crippen molar-refractivity contribution in [1.29, 1.82) is 0 Å². The molecule has 0 aliphatic rings. The van der Waals surface area contributed by atoms with E-state index < -0.39 is 17.6 Å². The van der Waals surface area contributed by atoms with Crippen molar-refractivity contribution in [1.82, 2.24) is 9.80 Å². The van der Waals surface area contributed by atoms with Crippen LogP contribution in [0.5, 0.6) is 0 Å². The predicted octanol–water partition coefficient (Wildman–Crippen LogP) is 2.31. The third-order valence-electron chi connectivity index (χ3n) is 2.91. The molecule has 0 saturated heterocycles. The number of carbonyl (C=O) groups is 2. The molecular formula is C18H23FN2O3. The lowest BCUT2D eigenvalue weighted by Gasteiger charge is -2.15. The Kier molecular flexibility index (Phi) is 7.17. The molecule has 0 radical (unpaired) electrons. The van der Waals surface area contributed by atoms with Crippen molar-refractivity contribution in [3.05, 3.63) is 53.6 Å². The Labute approximate surface area is 142 Å². The lowest BCUT2D eigenvalue weighted by Crippen LogP contribution is -2.21. The van der Waals surface area contributed by atoms with E-state index in [2.05, 4.69) is 0 Å². The zero-order valence-electron chi connectivity index (χ0n) is 14.7. The zero-order chi connectivity index (χ0) is 18.3. The maximum Gasteiger partial charge on any atom is 0.343 e. The van der Waals surface area contributed by atoms with Crippen LogP contribution < -0.4 is 0 Å². The molecule has 0 spiro atoms. The van der Waals surface area contributed by atoms with E-state index in [4.69, 9.17) is 4.74 Å². The number of hydrogen-bond acceptors (Lipinski definition) is 5. The van der Waals surface area contributed by atoms with Gasteiger partial charge < -0.3 is 14.5 Å². The second-order valence-corrected chi connectivity index (χ2v) is 5.57. The summed E-state index contributed by atoms with van der Waals surface area (Å²) < 4.78 is 18.1. The van der Waals surface area contributed by atoms with Crippen LogP contribution in [0.2, 0.25) is 0 Å². The van der Waals surface area contributed by atoms with Crippen molar-refractivity contribution in [3.8, 4) is 0 Å². The molecule has 5 nitrogen and oxygen atoms in total. The van der Waals surface area contributed by atoms with E-state index in [1.54, 1.807) is 51.1 Å². The molecule has 0 unspecified atom stereocenters. The van der Waals surface area contributed by atoms with Gasteiger partial charge in [0.2, 0.25) is 5.78 Å². The van der Waals surface area contributed by atoms with Gasteiger partial charge in [-0.05, 0) is 24.6 Å². The summed E-state index contributed by atoms with van der Waals surface area (Å²) in [5.41, 5.74) is 0.712. The van der Waals surface area contributed by atoms with Gasteiger partial charge in [-0.1, -0.05) is 12.1 Å². The minimum atomic E-state index is -0.692. The highest BCUT2D eigenvalue weighted by Gasteiger charge is 2.25. The molecule has 24 heavy (non-hydrogen) atoms. The van der Waals surface area contributed by atoms with Gasteiger partial charge in [-0.2, -0.15) is 0 Å². The summed E-state index contributed by atoms with van der Waals surface area (Å²) >= 11 is 0. The van der Waals surface area contributed by atoms with Crippen LogP contribution in [-0.2, 0) is 14.3 Å². The number of benzene rings is 1. The Morgan fingerprint density at radius 2 is 1.58 bits per heavy atom. The highest BCUT2D eigenvalue weighted by molar-refractivity contribution is 6.36. The van der Waals surface area contributed by atoms with Gasteiger partial charge in [0.25, 0.3) is 0 Å². The van der Waals surface area contributed by atoms with Crippen molar-refractivity contribution in [3.63, 3.8) is 0 Å². The van der Waals surface area contributed by atoms with E-state index in [0.717, 1.165) is 0 Å². The van der Waals surface area contributed by atoms with Crippen LogP contribution in [0.25, 0.3) is 5.57 Å². The third kappa shape index (κ3) is 5.53. The number of hydrogen-bond donors (Lipinski definition) is 0. The van der Waals surface area contributed by atoms with Gasteiger partial charge in [-0.25, -0.2) is 9.18 Å². The number of esters is 1. The average Bonchev–Trinajstić information content (AvgIpc) is 2.50. The Bertz CT molecular complexity index is 647. The summed E-state index contributed by atoms with van der Waals surface area (Å²) in [4.78, 5) is 28.4. The SMILES string of the molecule is CCOC(=O)/C(=C\N(C)C)C(=O)/C(=C/N(C)C)c1ccc(F)cc1. The van der Waals surface area contributed by atoms with Crippen LogP contribution in [0.4, 0.5) is 4.39 Å². The first-order chi connectivity index (χ1) is 11.3. The highest BCUT2D eigenvalue weighted by Crippen LogP contribution is 2.21. The Morgan fingerprint density at radius 3 is 2.04 bits per heavy atom. The summed E-state index contributed by atoms with van der Waals surface area (Å²) in [7, 11) is 6.94. The molecule has 1 aromatic rings. The number of allylic oxidation sites excluding steroid dienone is 1. The summed E-state index contributed by atoms with van der Waals surface area (Å²) in [6, 6.07) is 5.54. The number of rotatable bonds is 7. The van der Waals surface area contributed by atoms with E-state index in [-0.39, 0.29) is 17.8 Å². The Morgan fingerprint density at radius 1 is 1.04 bits per heavy atom. The monoisotopic (exact) mass is 334 g/mol. The Hall–Kier alpha value is -2.63. The second kappa shape index (κ2) is 8.86. The first-order valence-electron chi connectivity index (χ1n) is 7.50. The first kappa shape index (κ1) is 19.4. The minimum absolute atomic E-state index is 0.0840. The Balaban J connectivity index is 3.36. The van der Waals surface area contributed by atoms with Crippen LogP contribution in [0, 0.1) is 5.82 Å². The van der Waals surface area contributed by atoms with Crippen molar-refractivity contribution in [2.75, 3.05) is 34.8 Å².